The molecule has 0 saturated carbocycles. The maximum atomic E-state index is 11.5. The van der Waals surface area contributed by atoms with Crippen molar-refractivity contribution in [3.63, 3.8) is 0 Å². The third-order valence-electron chi connectivity index (χ3n) is 6.17. The molecule has 0 bridgehead atoms. The summed E-state index contributed by atoms with van der Waals surface area (Å²) in [6, 6.07) is 10.0. The normalized spacial score (nSPS) is 14.3. The van der Waals surface area contributed by atoms with Crippen LogP contribution < -0.4 is 24.8 Å². The summed E-state index contributed by atoms with van der Waals surface area (Å²) in [5.41, 5.74) is 2.32. The van der Waals surface area contributed by atoms with Gasteiger partial charge in [0.25, 0.3) is 0 Å². The quantitative estimate of drug-likeness (QED) is 0.331. The van der Waals surface area contributed by atoms with Crippen molar-refractivity contribution in [2.24, 2.45) is 5.14 Å². The number of hydrogen-bond acceptors (Lipinski definition) is 8. The monoisotopic (exact) mass is 527 g/mol. The Morgan fingerprint density at radius 1 is 1.06 bits per heavy atom. The smallest absolute Gasteiger partial charge is 0.238 e. The number of piperazine rings is 1. The number of thiocarbonyl (C=S) groups is 1. The van der Waals surface area contributed by atoms with E-state index in [1.54, 1.807) is 32.7 Å². The van der Waals surface area contributed by atoms with Gasteiger partial charge in [0.2, 0.25) is 10.0 Å². The molecule has 1 fully saturated rings. The maximum absolute atomic E-state index is 11.5. The summed E-state index contributed by atoms with van der Waals surface area (Å²) < 4.78 is 33.9. The Morgan fingerprint density at radius 2 is 1.72 bits per heavy atom. The van der Waals surface area contributed by atoms with Crippen molar-refractivity contribution in [2.45, 2.75) is 4.90 Å². The van der Waals surface area contributed by atoms with E-state index in [1.165, 1.54) is 12.1 Å². The molecule has 3 heterocycles. The number of ether oxygens (including phenoxy) is 2. The molecular weight excluding hydrogens is 502 g/mol. The molecule has 11 nitrogen and oxygen atoms in total. The molecule has 2 aromatic heterocycles. The number of aromatic nitrogens is 3. The number of anilines is 2. The van der Waals surface area contributed by atoms with Crippen LogP contribution in [0.2, 0.25) is 0 Å². The molecule has 0 radical (unpaired) electrons. The first-order valence-electron chi connectivity index (χ1n) is 11.1. The highest BCUT2D eigenvalue weighted by Gasteiger charge is 2.24. The lowest BCUT2D eigenvalue weighted by atomic mass is 10.1. The van der Waals surface area contributed by atoms with Crippen LogP contribution in [0, 0.1) is 0 Å². The molecule has 0 unspecified atom stereocenters. The third kappa shape index (κ3) is 4.47. The third-order valence-corrected chi connectivity index (χ3v) is 7.46. The molecule has 0 amide bonds. The molecule has 4 aromatic rings. The largest absolute Gasteiger partial charge is 0.493 e. The van der Waals surface area contributed by atoms with Crippen LogP contribution in [0.5, 0.6) is 11.5 Å². The number of nitrogens with zero attached hydrogens (tertiary/aromatic N) is 4. The van der Waals surface area contributed by atoms with E-state index in [2.05, 4.69) is 30.1 Å². The Balaban J connectivity index is 1.33. The van der Waals surface area contributed by atoms with Crippen LogP contribution in [0.15, 0.2) is 47.6 Å². The van der Waals surface area contributed by atoms with Gasteiger partial charge in [0, 0.05) is 43.3 Å². The van der Waals surface area contributed by atoms with Gasteiger partial charge in [0.05, 0.1) is 30.0 Å². The molecule has 1 aliphatic rings. The molecule has 0 spiro atoms. The van der Waals surface area contributed by atoms with E-state index in [-0.39, 0.29) is 4.90 Å². The standard InChI is InChI=1S/C23H25N7O4S2/c1-33-18-11-16-17(12-19(18)34-2)28-21-20(16)22(26-13-25-21)29-7-9-30(10-8-29)23(35)27-14-3-5-15(6-4-14)36(24,31)32/h3-6,11-13H,7-10H2,1-2H3,(H,27,35)(H2,24,31,32)(H,25,26,28). The molecule has 36 heavy (non-hydrogen) atoms. The average molecular weight is 528 g/mol. The first kappa shape index (κ1) is 24.0. The first-order valence-corrected chi connectivity index (χ1v) is 13.1. The Labute approximate surface area is 213 Å². The van der Waals surface area contributed by atoms with Crippen molar-refractivity contribution in [1.82, 2.24) is 19.9 Å². The SMILES string of the molecule is COc1cc2[nH]c3ncnc(N4CCN(C(=S)Nc5ccc(S(N)(=O)=O)cc5)CC4)c3c2cc1OC. The Morgan fingerprint density at radius 3 is 2.36 bits per heavy atom. The van der Waals surface area contributed by atoms with Gasteiger partial charge in [-0.15, -0.1) is 0 Å². The first-order chi connectivity index (χ1) is 17.3. The molecule has 0 atom stereocenters. The van der Waals surface area contributed by atoms with Crippen molar-refractivity contribution in [2.75, 3.05) is 50.6 Å². The van der Waals surface area contributed by atoms with Crippen LogP contribution in [0.1, 0.15) is 0 Å². The van der Waals surface area contributed by atoms with E-state index in [4.69, 9.17) is 26.8 Å². The predicted molar refractivity (Wildman–Crippen MR) is 142 cm³/mol. The zero-order valence-corrected chi connectivity index (χ0v) is 21.3. The number of nitrogens with one attached hydrogen (secondary N) is 2. The molecule has 4 N–H and O–H groups in total. The van der Waals surface area contributed by atoms with Crippen molar-refractivity contribution in [3.05, 3.63) is 42.7 Å². The van der Waals surface area contributed by atoms with Gasteiger partial charge in [-0.2, -0.15) is 0 Å². The van der Waals surface area contributed by atoms with Gasteiger partial charge in [-0.3, -0.25) is 0 Å². The summed E-state index contributed by atoms with van der Waals surface area (Å²) in [5, 5.41) is 10.8. The lowest BCUT2D eigenvalue weighted by molar-refractivity contribution is 0.356. The van der Waals surface area contributed by atoms with E-state index < -0.39 is 10.0 Å². The number of sulfonamides is 1. The maximum Gasteiger partial charge on any atom is 0.238 e. The van der Waals surface area contributed by atoms with Gasteiger partial charge in [0.1, 0.15) is 17.8 Å². The summed E-state index contributed by atoms with van der Waals surface area (Å²) in [6.45, 7) is 2.79. The van der Waals surface area contributed by atoms with Crippen molar-refractivity contribution in [3.8, 4) is 11.5 Å². The summed E-state index contributed by atoms with van der Waals surface area (Å²) in [4.78, 5) is 16.7. The molecule has 0 aliphatic carbocycles. The number of aromatic amines is 1. The van der Waals surface area contributed by atoms with Crippen LogP contribution in [0.25, 0.3) is 21.9 Å². The van der Waals surface area contributed by atoms with E-state index in [0.29, 0.717) is 48.5 Å². The summed E-state index contributed by atoms with van der Waals surface area (Å²) >= 11 is 5.59. The van der Waals surface area contributed by atoms with Crippen molar-refractivity contribution < 1.29 is 17.9 Å². The highest BCUT2D eigenvalue weighted by atomic mass is 32.2. The predicted octanol–water partition coefficient (Wildman–Crippen LogP) is 2.29. The molecule has 5 rings (SSSR count). The fourth-order valence-electron chi connectivity index (χ4n) is 4.33. The van der Waals surface area contributed by atoms with E-state index >= 15 is 0 Å². The summed E-state index contributed by atoms with van der Waals surface area (Å²) in [5.74, 6) is 2.12. The second-order valence-electron chi connectivity index (χ2n) is 8.27. The number of fused-ring (bicyclic) bond motifs is 3. The number of nitrogens with two attached hydrogens (primary N) is 1. The zero-order valence-electron chi connectivity index (χ0n) is 19.7. The average Bonchev–Trinajstić information content (AvgIpc) is 3.25. The van der Waals surface area contributed by atoms with Crippen LogP contribution in [0.4, 0.5) is 11.5 Å². The lowest BCUT2D eigenvalue weighted by Crippen LogP contribution is -2.50. The summed E-state index contributed by atoms with van der Waals surface area (Å²) in [6.07, 6.45) is 1.56. The molecule has 2 aromatic carbocycles. The van der Waals surface area contributed by atoms with E-state index in [1.807, 2.05) is 12.1 Å². The summed E-state index contributed by atoms with van der Waals surface area (Å²) in [7, 11) is -0.518. The Bertz CT molecular complexity index is 1550. The molecular formula is C23H25N7O4S2. The number of hydrogen-bond donors (Lipinski definition) is 3. The molecule has 188 valence electrons. The van der Waals surface area contributed by atoms with Gasteiger partial charge < -0.3 is 29.6 Å². The van der Waals surface area contributed by atoms with Crippen molar-refractivity contribution >= 4 is 60.8 Å². The second kappa shape index (κ2) is 9.41. The Kier molecular flexibility index (Phi) is 6.28. The number of benzene rings is 2. The fourth-order valence-corrected chi connectivity index (χ4v) is 5.14. The van der Waals surface area contributed by atoms with Gasteiger partial charge in [-0.25, -0.2) is 23.5 Å². The van der Waals surface area contributed by atoms with Gasteiger partial charge in [-0.1, -0.05) is 0 Å². The zero-order chi connectivity index (χ0) is 25.4. The number of methoxy groups -OCH3 is 2. The Hall–Kier alpha value is -3.68. The van der Waals surface area contributed by atoms with Crippen LogP contribution >= 0.6 is 12.2 Å². The van der Waals surface area contributed by atoms with Crippen LogP contribution in [0.3, 0.4) is 0 Å². The van der Waals surface area contributed by atoms with Gasteiger partial charge in [-0.05, 0) is 42.5 Å². The molecule has 1 aliphatic heterocycles. The van der Waals surface area contributed by atoms with Gasteiger partial charge >= 0.3 is 0 Å². The minimum absolute atomic E-state index is 0.0529. The fraction of sp³-hybridized carbons (Fsp3) is 0.261. The van der Waals surface area contributed by atoms with Crippen LogP contribution in [-0.2, 0) is 10.0 Å². The minimum Gasteiger partial charge on any atom is -0.493 e. The highest BCUT2D eigenvalue weighted by molar-refractivity contribution is 7.89. The highest BCUT2D eigenvalue weighted by Crippen LogP contribution is 2.38. The second-order valence-corrected chi connectivity index (χ2v) is 10.2. The van der Waals surface area contributed by atoms with Crippen molar-refractivity contribution in [1.29, 1.82) is 0 Å². The van der Waals surface area contributed by atoms with Gasteiger partial charge in [0.15, 0.2) is 16.6 Å². The number of rotatable bonds is 5. The topological polar surface area (TPSA) is 139 Å². The lowest BCUT2D eigenvalue weighted by Gasteiger charge is -2.37. The number of primary sulfonamides is 1. The number of H-pyrrole nitrogens is 1. The molecule has 1 saturated heterocycles. The molecule has 13 heteroatoms. The van der Waals surface area contributed by atoms with Crippen LogP contribution in [-0.4, -0.2) is 73.8 Å². The van der Waals surface area contributed by atoms with E-state index in [0.717, 1.165) is 27.8 Å². The van der Waals surface area contributed by atoms with E-state index in [9.17, 15) is 8.42 Å². The minimum atomic E-state index is -3.74.